The third-order valence-electron chi connectivity index (χ3n) is 10.7. The smallest absolute Gasteiger partial charge is 0.178 e. The topological polar surface area (TPSA) is 206 Å². The molecular formula is C62H56N16. The predicted molar refractivity (Wildman–Crippen MR) is 304 cm³/mol. The molecule has 0 saturated heterocycles. The fourth-order valence-corrected chi connectivity index (χ4v) is 6.54. The summed E-state index contributed by atoms with van der Waals surface area (Å²) in [6.07, 6.45) is 32.3. The Morgan fingerprint density at radius 3 is 1.00 bits per heavy atom. The number of aryl methyl sites for hydroxylation is 6. The normalized spacial score (nSPS) is 9.92. The number of pyridine rings is 4. The van der Waals surface area contributed by atoms with Crippen LogP contribution in [-0.2, 0) is 0 Å². The van der Waals surface area contributed by atoms with Gasteiger partial charge in [0.15, 0.2) is 11.6 Å². The van der Waals surface area contributed by atoms with Crippen LogP contribution in [0.2, 0.25) is 0 Å². The first kappa shape index (κ1) is 55.3. The Labute approximate surface area is 454 Å². The molecule has 0 aliphatic heterocycles. The van der Waals surface area contributed by atoms with Gasteiger partial charge in [-0.1, -0.05) is 78.9 Å². The highest BCUT2D eigenvalue weighted by molar-refractivity contribution is 5.62. The van der Waals surface area contributed by atoms with E-state index in [2.05, 4.69) is 79.7 Å². The number of benzene rings is 2. The SMILES string of the molecule is Cc1cnc(-c2ccccc2)nc1.Cc1cnc(-c2ccccn2)nc1.Cc1ncc(-c2ccccc2)cn1.Cc1ncc(-c2ccccn2)cn1.Cc1ncc(-c2cccnc2)cn1.Cc1ncc(-c2ccncc2)cn1. The largest absolute Gasteiger partial charge is 0.265 e. The summed E-state index contributed by atoms with van der Waals surface area (Å²) in [7, 11) is 0. The molecular weight excluding hydrogens is 969 g/mol. The van der Waals surface area contributed by atoms with Crippen LogP contribution in [0.15, 0.2) is 233 Å². The zero-order valence-corrected chi connectivity index (χ0v) is 44.1. The molecule has 0 unspecified atom stereocenters. The molecule has 16 nitrogen and oxygen atoms in total. The van der Waals surface area contributed by atoms with E-state index in [0.29, 0.717) is 5.82 Å². The Morgan fingerprint density at radius 2 is 0.577 bits per heavy atom. The predicted octanol–water partition coefficient (Wildman–Crippen LogP) is 12.3. The van der Waals surface area contributed by atoms with Crippen LogP contribution in [0.3, 0.4) is 0 Å². The molecule has 0 saturated carbocycles. The molecule has 0 fully saturated rings. The minimum atomic E-state index is 0.672. The Kier molecular flexibility index (Phi) is 21.3. The minimum Gasteiger partial charge on any atom is -0.265 e. The van der Waals surface area contributed by atoms with E-state index in [4.69, 9.17) is 0 Å². The van der Waals surface area contributed by atoms with Gasteiger partial charge in [-0.2, -0.15) is 0 Å². The number of hydrogen-bond acceptors (Lipinski definition) is 16. The summed E-state index contributed by atoms with van der Waals surface area (Å²) in [6, 6.07) is 39.3. The van der Waals surface area contributed by atoms with E-state index in [0.717, 1.165) is 96.1 Å². The summed E-state index contributed by atoms with van der Waals surface area (Å²) in [5.41, 5.74) is 12.2. The molecule has 12 aromatic rings. The monoisotopic (exact) mass is 1020 g/mol. The van der Waals surface area contributed by atoms with Crippen molar-refractivity contribution in [1.29, 1.82) is 0 Å². The second-order valence-corrected chi connectivity index (χ2v) is 16.9. The lowest BCUT2D eigenvalue weighted by Crippen LogP contribution is -1.90. The second kappa shape index (κ2) is 30.0. The highest BCUT2D eigenvalue weighted by Gasteiger charge is 2.02. The maximum Gasteiger partial charge on any atom is 0.178 e. The maximum absolute atomic E-state index is 4.24. The van der Waals surface area contributed by atoms with E-state index in [9.17, 15) is 0 Å². The van der Waals surface area contributed by atoms with E-state index < -0.39 is 0 Å². The van der Waals surface area contributed by atoms with Gasteiger partial charge in [-0.25, -0.2) is 59.8 Å². The zero-order chi connectivity index (χ0) is 54.6. The van der Waals surface area contributed by atoms with Crippen molar-refractivity contribution in [1.82, 2.24) is 79.7 Å². The van der Waals surface area contributed by atoms with Crippen molar-refractivity contribution in [2.45, 2.75) is 41.5 Å². The quantitative estimate of drug-likeness (QED) is 0.152. The van der Waals surface area contributed by atoms with E-state index in [1.54, 1.807) is 74.4 Å². The molecule has 0 aliphatic carbocycles. The van der Waals surface area contributed by atoms with Gasteiger partial charge in [0.1, 0.15) is 29.0 Å². The molecule has 0 amide bonds. The van der Waals surface area contributed by atoms with Crippen molar-refractivity contribution in [3.8, 4) is 67.5 Å². The average Bonchev–Trinajstić information content (AvgIpc) is 3.51. The summed E-state index contributed by atoms with van der Waals surface area (Å²) < 4.78 is 0. The first-order chi connectivity index (χ1) is 38.2. The van der Waals surface area contributed by atoms with E-state index in [-0.39, 0.29) is 0 Å². The summed E-state index contributed by atoms with van der Waals surface area (Å²) in [4.78, 5) is 66.1. The van der Waals surface area contributed by atoms with Crippen LogP contribution >= 0.6 is 0 Å². The van der Waals surface area contributed by atoms with Crippen LogP contribution in [0.25, 0.3) is 67.5 Å². The molecule has 10 aromatic heterocycles. The van der Waals surface area contributed by atoms with Crippen molar-refractivity contribution in [2.24, 2.45) is 0 Å². The Bertz CT molecular complexity index is 2910. The van der Waals surface area contributed by atoms with Gasteiger partial charge in [0.2, 0.25) is 0 Å². The molecule has 0 radical (unpaired) electrons. The van der Waals surface area contributed by atoms with Gasteiger partial charge in [-0.05, 0) is 106 Å². The van der Waals surface area contributed by atoms with Gasteiger partial charge >= 0.3 is 0 Å². The molecule has 0 atom stereocenters. The van der Waals surface area contributed by atoms with Gasteiger partial charge in [-0.3, -0.25) is 19.9 Å². The minimum absolute atomic E-state index is 0.672. The van der Waals surface area contributed by atoms with Gasteiger partial charge in [0.05, 0.1) is 5.69 Å². The standard InChI is InChI=1S/2C11H10N2.4C10H9N3/c1-9-12-7-11(8-13-9)10-5-3-2-4-6-10;1-9-7-12-11(13-8-9)10-5-3-2-4-6-10;1-8-12-6-10(7-13-8)9-2-4-11-5-3-9;1-8-12-6-10(7-13-8)9-3-2-4-11-5-9;1-8-12-6-9(7-13-8)10-4-2-3-5-11-10;1-8-6-12-10(13-7-8)9-4-2-3-5-11-9/h2*2-8H,1H3;4*2-7H,1H3. The summed E-state index contributed by atoms with van der Waals surface area (Å²) in [5.74, 6) is 4.61. The van der Waals surface area contributed by atoms with Crippen molar-refractivity contribution < 1.29 is 0 Å². The molecule has 0 aliphatic rings. The van der Waals surface area contributed by atoms with Crippen molar-refractivity contribution in [3.05, 3.63) is 267 Å². The van der Waals surface area contributed by atoms with Crippen LogP contribution in [0.4, 0.5) is 0 Å². The van der Waals surface area contributed by atoms with E-state index >= 15 is 0 Å². The first-order valence-electron chi connectivity index (χ1n) is 24.6. The molecule has 384 valence electrons. The third-order valence-corrected chi connectivity index (χ3v) is 10.7. The lowest BCUT2D eigenvalue weighted by Gasteiger charge is -1.99. The Morgan fingerprint density at radius 1 is 0.205 bits per heavy atom. The van der Waals surface area contributed by atoms with Gasteiger partial charge in [0, 0.05) is 145 Å². The number of aromatic nitrogens is 16. The van der Waals surface area contributed by atoms with Crippen molar-refractivity contribution >= 4 is 0 Å². The first-order valence-corrected chi connectivity index (χ1v) is 24.6. The second-order valence-electron chi connectivity index (χ2n) is 16.9. The number of rotatable bonds is 6. The van der Waals surface area contributed by atoms with Gasteiger partial charge in [0.25, 0.3) is 0 Å². The lowest BCUT2D eigenvalue weighted by atomic mass is 10.1. The van der Waals surface area contributed by atoms with E-state index in [1.807, 2.05) is 200 Å². The molecule has 2 aromatic carbocycles. The van der Waals surface area contributed by atoms with Crippen LogP contribution in [-0.4, -0.2) is 79.7 Å². The summed E-state index contributed by atoms with van der Waals surface area (Å²) >= 11 is 0. The fourth-order valence-electron chi connectivity index (χ4n) is 6.54. The molecule has 10 heterocycles. The molecule has 16 heteroatoms. The van der Waals surface area contributed by atoms with Gasteiger partial charge in [-0.15, -0.1) is 0 Å². The Balaban J connectivity index is 0.000000136. The highest BCUT2D eigenvalue weighted by Crippen LogP contribution is 2.18. The third kappa shape index (κ3) is 18.5. The highest BCUT2D eigenvalue weighted by atomic mass is 14.9. The number of nitrogens with zero attached hydrogens (tertiary/aromatic N) is 16. The molecule has 0 bridgehead atoms. The van der Waals surface area contributed by atoms with E-state index in [1.165, 1.54) is 0 Å². The number of hydrogen-bond donors (Lipinski definition) is 0. The molecule has 12 rings (SSSR count). The average molecular weight is 1030 g/mol. The summed E-state index contributed by atoms with van der Waals surface area (Å²) in [6.45, 7) is 11.4. The maximum atomic E-state index is 4.24. The molecule has 0 N–H and O–H groups in total. The van der Waals surface area contributed by atoms with Crippen LogP contribution in [0, 0.1) is 41.5 Å². The van der Waals surface area contributed by atoms with Crippen molar-refractivity contribution in [3.63, 3.8) is 0 Å². The van der Waals surface area contributed by atoms with Gasteiger partial charge < -0.3 is 0 Å². The van der Waals surface area contributed by atoms with Crippen LogP contribution in [0.5, 0.6) is 0 Å². The zero-order valence-electron chi connectivity index (χ0n) is 44.1. The van der Waals surface area contributed by atoms with Crippen LogP contribution < -0.4 is 0 Å². The van der Waals surface area contributed by atoms with Crippen molar-refractivity contribution in [2.75, 3.05) is 0 Å². The lowest BCUT2D eigenvalue weighted by molar-refractivity contribution is 1.05. The van der Waals surface area contributed by atoms with Crippen LogP contribution in [0.1, 0.15) is 34.4 Å². The summed E-state index contributed by atoms with van der Waals surface area (Å²) in [5, 5.41) is 0. The fraction of sp³-hybridized carbons (Fsp3) is 0.0968. The molecule has 0 spiro atoms. The Hall–Kier alpha value is -10.5. The molecule has 78 heavy (non-hydrogen) atoms.